The van der Waals surface area contributed by atoms with E-state index in [1.54, 1.807) is 17.8 Å². The van der Waals surface area contributed by atoms with Crippen molar-refractivity contribution in [2.75, 3.05) is 0 Å². The van der Waals surface area contributed by atoms with Crippen LogP contribution in [0.3, 0.4) is 0 Å². The normalized spacial score (nSPS) is 15.1. The molecule has 0 radical (unpaired) electrons. The fourth-order valence-corrected chi connectivity index (χ4v) is 3.77. The molecule has 0 saturated heterocycles. The van der Waals surface area contributed by atoms with Crippen molar-refractivity contribution in [1.82, 2.24) is 29.7 Å². The van der Waals surface area contributed by atoms with E-state index in [1.807, 2.05) is 42.6 Å². The number of fused-ring (bicyclic) bond motifs is 1. The van der Waals surface area contributed by atoms with Gasteiger partial charge in [0.15, 0.2) is 5.65 Å². The van der Waals surface area contributed by atoms with Crippen LogP contribution in [0.1, 0.15) is 28.9 Å². The number of nitrogens with zero attached hydrogens (tertiary/aromatic N) is 5. The van der Waals surface area contributed by atoms with Crippen LogP contribution in [-0.2, 0) is 0 Å². The highest BCUT2D eigenvalue weighted by molar-refractivity contribution is 6.00. The Morgan fingerprint density at radius 1 is 1.19 bits per heavy atom. The van der Waals surface area contributed by atoms with Gasteiger partial charge in [0.05, 0.1) is 17.6 Å². The van der Waals surface area contributed by atoms with Gasteiger partial charge in [0.1, 0.15) is 11.6 Å². The topological polar surface area (TPSA) is 77.1 Å². The molecule has 0 spiro atoms. The van der Waals surface area contributed by atoms with E-state index in [2.05, 4.69) is 20.5 Å². The van der Waals surface area contributed by atoms with Crippen molar-refractivity contribution in [3.8, 4) is 16.9 Å². The second-order valence-corrected chi connectivity index (χ2v) is 7.91. The average Bonchev–Trinajstić information content (AvgIpc) is 3.25. The van der Waals surface area contributed by atoms with E-state index in [-0.39, 0.29) is 11.2 Å². The van der Waals surface area contributed by atoms with E-state index in [9.17, 15) is 18.0 Å². The summed E-state index contributed by atoms with van der Waals surface area (Å²) in [6, 6.07) is 9.29. The molecule has 1 aliphatic carbocycles. The number of amides is 1. The monoisotopic (exact) mass is 440 g/mol. The van der Waals surface area contributed by atoms with Gasteiger partial charge in [-0.25, -0.2) is 14.2 Å². The minimum atomic E-state index is -4.50. The molecule has 3 heterocycles. The number of hydrogen-bond donors (Lipinski definition) is 1. The van der Waals surface area contributed by atoms with Gasteiger partial charge in [0, 0.05) is 23.7 Å². The van der Waals surface area contributed by atoms with E-state index in [0.29, 0.717) is 24.2 Å². The molecule has 3 aromatic heterocycles. The molecule has 1 aromatic carbocycles. The van der Waals surface area contributed by atoms with Crippen molar-refractivity contribution < 1.29 is 18.0 Å². The second kappa shape index (κ2) is 7.47. The van der Waals surface area contributed by atoms with Gasteiger partial charge in [-0.05, 0) is 49.9 Å². The number of carbonyl (C=O) groups excluding carboxylic acids is 1. The van der Waals surface area contributed by atoms with Crippen LogP contribution in [-0.4, -0.2) is 42.5 Å². The number of halogens is 3. The summed E-state index contributed by atoms with van der Waals surface area (Å²) in [5.41, 5.74) is 3.10. The van der Waals surface area contributed by atoms with Gasteiger partial charge in [0.25, 0.3) is 5.91 Å². The summed E-state index contributed by atoms with van der Waals surface area (Å²) in [7, 11) is 0. The van der Waals surface area contributed by atoms with Crippen molar-refractivity contribution in [3.63, 3.8) is 0 Å². The minimum absolute atomic E-state index is 0.00748. The van der Waals surface area contributed by atoms with Crippen LogP contribution in [0.2, 0.25) is 0 Å². The van der Waals surface area contributed by atoms with Crippen LogP contribution in [0.25, 0.3) is 22.6 Å². The van der Waals surface area contributed by atoms with Gasteiger partial charge >= 0.3 is 6.18 Å². The van der Waals surface area contributed by atoms with E-state index < -0.39 is 24.0 Å². The highest BCUT2D eigenvalue weighted by atomic mass is 19.4. The van der Waals surface area contributed by atoms with Gasteiger partial charge in [-0.15, -0.1) is 0 Å². The van der Waals surface area contributed by atoms with Crippen molar-refractivity contribution in [2.24, 2.45) is 5.92 Å². The molecule has 4 aromatic rings. The van der Waals surface area contributed by atoms with Crippen LogP contribution in [0.4, 0.5) is 13.2 Å². The Morgan fingerprint density at radius 3 is 2.69 bits per heavy atom. The maximum atomic E-state index is 13.4. The number of aromatic nitrogens is 5. The SMILES string of the molecule is Cc1cc(-c2cccc(-n3cccn3)c2)nc2c(C(=O)NC(C3CC3)C(F)(F)F)cnn12. The third-order valence-corrected chi connectivity index (χ3v) is 5.54. The Hall–Kier alpha value is -3.69. The Bertz CT molecular complexity index is 1290. The lowest BCUT2D eigenvalue weighted by molar-refractivity contribution is -0.158. The summed E-state index contributed by atoms with van der Waals surface area (Å²) in [5, 5.41) is 10.5. The van der Waals surface area contributed by atoms with Crippen molar-refractivity contribution >= 4 is 11.6 Å². The predicted octanol–water partition coefficient (Wildman–Crippen LogP) is 3.96. The maximum absolute atomic E-state index is 13.4. The van der Waals surface area contributed by atoms with E-state index in [4.69, 9.17) is 0 Å². The molecule has 32 heavy (non-hydrogen) atoms. The summed E-state index contributed by atoms with van der Waals surface area (Å²) in [5.74, 6) is -1.40. The molecule has 1 saturated carbocycles. The first-order valence-corrected chi connectivity index (χ1v) is 10.1. The molecular formula is C22H19F3N6O. The lowest BCUT2D eigenvalue weighted by Gasteiger charge is -2.20. The summed E-state index contributed by atoms with van der Waals surface area (Å²) in [6.07, 6.45) is 1.16. The van der Waals surface area contributed by atoms with E-state index in [0.717, 1.165) is 11.3 Å². The van der Waals surface area contributed by atoms with Crippen LogP contribution in [0, 0.1) is 12.8 Å². The summed E-state index contributed by atoms with van der Waals surface area (Å²) < 4.78 is 43.3. The average molecular weight is 440 g/mol. The number of benzene rings is 1. The lowest BCUT2D eigenvalue weighted by Crippen LogP contribution is -2.46. The Balaban J connectivity index is 1.52. The number of nitrogens with one attached hydrogen (secondary N) is 1. The summed E-state index contributed by atoms with van der Waals surface area (Å²) in [6.45, 7) is 1.80. The zero-order valence-corrected chi connectivity index (χ0v) is 17.0. The fraction of sp³-hybridized carbons (Fsp3) is 0.273. The molecule has 1 unspecified atom stereocenters. The molecule has 1 atom stereocenters. The van der Waals surface area contributed by atoms with Crippen LogP contribution in [0.5, 0.6) is 0 Å². The molecule has 1 aliphatic rings. The Kier molecular flexibility index (Phi) is 4.72. The summed E-state index contributed by atoms with van der Waals surface area (Å²) in [4.78, 5) is 17.3. The zero-order valence-electron chi connectivity index (χ0n) is 17.0. The van der Waals surface area contributed by atoms with Gasteiger partial charge in [0.2, 0.25) is 0 Å². The van der Waals surface area contributed by atoms with Gasteiger partial charge in [-0.2, -0.15) is 23.4 Å². The molecular weight excluding hydrogens is 421 g/mol. The van der Waals surface area contributed by atoms with Gasteiger partial charge in [-0.1, -0.05) is 12.1 Å². The largest absolute Gasteiger partial charge is 0.408 e. The summed E-state index contributed by atoms with van der Waals surface area (Å²) >= 11 is 0. The third-order valence-electron chi connectivity index (χ3n) is 5.54. The van der Waals surface area contributed by atoms with E-state index >= 15 is 0 Å². The molecule has 1 N–H and O–H groups in total. The Labute approximate surface area is 180 Å². The molecule has 0 aliphatic heterocycles. The van der Waals surface area contributed by atoms with Crippen molar-refractivity contribution in [2.45, 2.75) is 32.0 Å². The van der Waals surface area contributed by atoms with Crippen LogP contribution >= 0.6 is 0 Å². The highest BCUT2D eigenvalue weighted by Crippen LogP contribution is 2.40. The maximum Gasteiger partial charge on any atom is 0.408 e. The molecule has 10 heteroatoms. The van der Waals surface area contributed by atoms with Crippen molar-refractivity contribution in [1.29, 1.82) is 0 Å². The van der Waals surface area contributed by atoms with Crippen LogP contribution < -0.4 is 5.32 Å². The fourth-order valence-electron chi connectivity index (χ4n) is 3.77. The molecule has 164 valence electrons. The smallest absolute Gasteiger partial charge is 0.340 e. The minimum Gasteiger partial charge on any atom is -0.340 e. The molecule has 1 fully saturated rings. The Morgan fingerprint density at radius 2 is 2.00 bits per heavy atom. The zero-order chi connectivity index (χ0) is 22.5. The first-order valence-electron chi connectivity index (χ1n) is 10.1. The van der Waals surface area contributed by atoms with Gasteiger partial charge < -0.3 is 5.32 Å². The number of hydrogen-bond acceptors (Lipinski definition) is 4. The van der Waals surface area contributed by atoms with Crippen molar-refractivity contribution in [3.05, 3.63) is 66.2 Å². The first-order chi connectivity index (χ1) is 15.3. The van der Waals surface area contributed by atoms with Gasteiger partial charge in [-0.3, -0.25) is 4.79 Å². The van der Waals surface area contributed by atoms with E-state index in [1.165, 1.54) is 10.7 Å². The highest BCUT2D eigenvalue weighted by Gasteiger charge is 2.49. The number of rotatable bonds is 5. The quantitative estimate of drug-likeness (QED) is 0.510. The molecule has 7 nitrogen and oxygen atoms in total. The third kappa shape index (κ3) is 3.72. The molecule has 0 bridgehead atoms. The lowest BCUT2D eigenvalue weighted by atomic mass is 10.1. The number of aryl methyl sites for hydroxylation is 1. The van der Waals surface area contributed by atoms with Crippen LogP contribution in [0.15, 0.2) is 55.0 Å². The molecule has 5 rings (SSSR count). The second-order valence-electron chi connectivity index (χ2n) is 7.91. The first kappa shape index (κ1) is 20.2. The number of carbonyl (C=O) groups is 1. The predicted molar refractivity (Wildman–Crippen MR) is 110 cm³/mol. The standard InChI is InChI=1S/C22H19F3N6O/c1-13-10-18(15-4-2-5-16(11-15)30-9-3-8-26-30)28-20-17(12-27-31(13)20)21(32)29-19(14-6-7-14)22(23,24)25/h2-5,8-12,14,19H,6-7H2,1H3,(H,29,32). The molecule has 1 amide bonds. The number of alkyl halides is 3.